The van der Waals surface area contributed by atoms with E-state index in [4.69, 9.17) is 4.74 Å². The molecule has 31 heavy (non-hydrogen) atoms. The molecule has 8 nitrogen and oxygen atoms in total. The Bertz CT molecular complexity index is 1110. The summed E-state index contributed by atoms with van der Waals surface area (Å²) >= 11 is 0. The Labute approximate surface area is 180 Å². The molecule has 1 spiro atoms. The number of piperidine rings is 1. The SMILES string of the molecule is Cn1nccc1CCC(=O)N1CCC2(CC1)CC(Cn1cnc3ccccc31)OC2=O. The van der Waals surface area contributed by atoms with Crippen LogP contribution in [0.3, 0.4) is 0 Å². The lowest BCUT2D eigenvalue weighted by molar-refractivity contribution is -0.152. The quantitative estimate of drug-likeness (QED) is 0.591. The predicted octanol–water partition coefficient (Wildman–Crippen LogP) is 2.33. The van der Waals surface area contributed by atoms with Gasteiger partial charge in [-0.15, -0.1) is 0 Å². The number of ether oxygens (including phenoxy) is 1. The van der Waals surface area contributed by atoms with Crippen molar-refractivity contribution in [1.82, 2.24) is 24.2 Å². The molecule has 2 saturated heterocycles. The summed E-state index contributed by atoms with van der Waals surface area (Å²) in [6.45, 7) is 1.83. The summed E-state index contributed by atoms with van der Waals surface area (Å²) in [4.78, 5) is 31.8. The third-order valence-corrected chi connectivity index (χ3v) is 6.84. The standard InChI is InChI=1S/C23H27N5O3/c1-26-17(8-11-25-26)6-7-21(29)27-12-9-23(10-13-27)14-18(31-22(23)30)15-28-16-24-19-4-2-3-5-20(19)28/h2-5,8,11,16,18H,6-7,9-10,12-15H2,1H3. The molecule has 4 heterocycles. The average molecular weight is 422 g/mol. The summed E-state index contributed by atoms with van der Waals surface area (Å²) in [7, 11) is 1.89. The maximum atomic E-state index is 12.8. The fourth-order valence-corrected chi connectivity index (χ4v) is 4.95. The molecule has 2 aromatic heterocycles. The molecule has 0 aliphatic carbocycles. The molecular weight excluding hydrogens is 394 g/mol. The van der Waals surface area contributed by atoms with Gasteiger partial charge >= 0.3 is 5.97 Å². The molecule has 2 aliphatic rings. The highest BCUT2D eigenvalue weighted by atomic mass is 16.6. The van der Waals surface area contributed by atoms with Crippen molar-refractivity contribution in [2.75, 3.05) is 13.1 Å². The lowest BCUT2D eigenvalue weighted by Gasteiger charge is -2.36. The first-order valence-electron chi connectivity index (χ1n) is 10.9. The molecule has 0 radical (unpaired) electrons. The van der Waals surface area contributed by atoms with Crippen LogP contribution in [0.15, 0.2) is 42.9 Å². The lowest BCUT2D eigenvalue weighted by Crippen LogP contribution is -2.45. The average Bonchev–Trinajstić information content (AvgIpc) is 3.46. The number of nitrogens with zero attached hydrogens (tertiary/aromatic N) is 5. The number of hydrogen-bond donors (Lipinski definition) is 0. The van der Waals surface area contributed by atoms with E-state index in [-0.39, 0.29) is 18.0 Å². The zero-order valence-electron chi connectivity index (χ0n) is 17.7. The third-order valence-electron chi connectivity index (χ3n) is 6.84. The minimum absolute atomic E-state index is 0.107. The van der Waals surface area contributed by atoms with Gasteiger partial charge in [-0.05, 0) is 37.5 Å². The van der Waals surface area contributed by atoms with Crippen molar-refractivity contribution in [3.63, 3.8) is 0 Å². The molecule has 5 rings (SSSR count). The van der Waals surface area contributed by atoms with Crippen molar-refractivity contribution >= 4 is 22.9 Å². The molecule has 1 unspecified atom stereocenters. The molecule has 1 atom stereocenters. The number of carbonyl (C=O) groups is 2. The topological polar surface area (TPSA) is 82.2 Å². The number of para-hydroxylation sites is 2. The molecule has 2 fully saturated rings. The maximum Gasteiger partial charge on any atom is 0.312 e. The molecule has 162 valence electrons. The molecule has 0 bridgehead atoms. The van der Waals surface area contributed by atoms with Crippen molar-refractivity contribution in [3.05, 3.63) is 48.5 Å². The second kappa shape index (κ2) is 7.83. The van der Waals surface area contributed by atoms with Crippen LogP contribution in [0.25, 0.3) is 11.0 Å². The maximum absolute atomic E-state index is 12.8. The number of hydrogen-bond acceptors (Lipinski definition) is 5. The van der Waals surface area contributed by atoms with Crippen LogP contribution in [0.1, 0.15) is 31.4 Å². The minimum atomic E-state index is -0.458. The van der Waals surface area contributed by atoms with E-state index in [0.717, 1.165) is 16.7 Å². The summed E-state index contributed by atoms with van der Waals surface area (Å²) in [5.74, 6) is 0.0350. The Balaban J connectivity index is 1.17. The van der Waals surface area contributed by atoms with Gasteiger partial charge in [-0.1, -0.05) is 12.1 Å². The number of benzene rings is 1. The number of esters is 1. The second-order valence-corrected chi connectivity index (χ2v) is 8.72. The van der Waals surface area contributed by atoms with Gasteiger partial charge in [-0.2, -0.15) is 5.10 Å². The van der Waals surface area contributed by atoms with Gasteiger partial charge in [0.2, 0.25) is 5.91 Å². The lowest BCUT2D eigenvalue weighted by atomic mass is 9.76. The third kappa shape index (κ3) is 3.71. The van der Waals surface area contributed by atoms with Crippen molar-refractivity contribution in [2.24, 2.45) is 12.5 Å². The Morgan fingerprint density at radius 3 is 2.81 bits per heavy atom. The largest absolute Gasteiger partial charge is 0.460 e. The molecule has 2 aliphatic heterocycles. The smallest absolute Gasteiger partial charge is 0.312 e. The Morgan fingerprint density at radius 2 is 2.03 bits per heavy atom. The van der Waals surface area contributed by atoms with E-state index >= 15 is 0 Å². The van der Waals surface area contributed by atoms with Crippen LogP contribution in [-0.2, 0) is 34.3 Å². The molecule has 3 aromatic rings. The summed E-state index contributed by atoms with van der Waals surface area (Å²) in [5, 5.41) is 4.15. The van der Waals surface area contributed by atoms with Crippen molar-refractivity contribution in [1.29, 1.82) is 0 Å². The fraction of sp³-hybridized carbons (Fsp3) is 0.478. The van der Waals surface area contributed by atoms with Crippen molar-refractivity contribution < 1.29 is 14.3 Å². The number of aromatic nitrogens is 4. The second-order valence-electron chi connectivity index (χ2n) is 8.72. The zero-order chi connectivity index (χ0) is 21.4. The molecule has 0 saturated carbocycles. The van der Waals surface area contributed by atoms with E-state index in [2.05, 4.69) is 14.6 Å². The van der Waals surface area contributed by atoms with E-state index in [0.29, 0.717) is 51.7 Å². The molecule has 0 N–H and O–H groups in total. The number of fused-ring (bicyclic) bond motifs is 1. The van der Waals surface area contributed by atoms with Gasteiger partial charge in [0, 0.05) is 44.9 Å². The number of rotatable bonds is 5. The number of carbonyl (C=O) groups excluding carboxylic acids is 2. The van der Waals surface area contributed by atoms with Gasteiger partial charge in [0.1, 0.15) is 6.10 Å². The van der Waals surface area contributed by atoms with Gasteiger partial charge in [0.15, 0.2) is 0 Å². The fourth-order valence-electron chi connectivity index (χ4n) is 4.95. The molecular formula is C23H27N5O3. The first-order valence-corrected chi connectivity index (χ1v) is 10.9. The minimum Gasteiger partial charge on any atom is -0.460 e. The van der Waals surface area contributed by atoms with E-state index in [1.54, 1.807) is 10.9 Å². The highest BCUT2D eigenvalue weighted by Gasteiger charge is 2.50. The van der Waals surface area contributed by atoms with E-state index < -0.39 is 5.41 Å². The predicted molar refractivity (Wildman–Crippen MR) is 114 cm³/mol. The summed E-state index contributed by atoms with van der Waals surface area (Å²) in [5.41, 5.74) is 2.59. The van der Waals surface area contributed by atoms with E-state index in [1.807, 2.05) is 48.6 Å². The van der Waals surface area contributed by atoms with Crippen LogP contribution in [-0.4, -0.2) is 55.3 Å². The van der Waals surface area contributed by atoms with Crippen LogP contribution in [0.2, 0.25) is 0 Å². The summed E-state index contributed by atoms with van der Waals surface area (Å²) in [6, 6.07) is 9.91. The molecule has 8 heteroatoms. The monoisotopic (exact) mass is 421 g/mol. The van der Waals surface area contributed by atoms with E-state index in [1.165, 1.54) is 0 Å². The number of amides is 1. The number of likely N-dealkylation sites (tertiary alicyclic amines) is 1. The molecule has 1 aromatic carbocycles. The van der Waals surface area contributed by atoms with E-state index in [9.17, 15) is 9.59 Å². The number of cyclic esters (lactones) is 1. The first kappa shape index (κ1) is 19.8. The number of imidazole rings is 1. The van der Waals surface area contributed by atoms with Crippen molar-refractivity contribution in [2.45, 2.75) is 44.8 Å². The van der Waals surface area contributed by atoms with Crippen LogP contribution >= 0.6 is 0 Å². The van der Waals surface area contributed by atoms with Gasteiger partial charge in [0.25, 0.3) is 0 Å². The van der Waals surface area contributed by atoms with Crippen LogP contribution < -0.4 is 0 Å². The van der Waals surface area contributed by atoms with Gasteiger partial charge in [-0.25, -0.2) is 4.98 Å². The normalized spacial score (nSPS) is 20.5. The summed E-state index contributed by atoms with van der Waals surface area (Å²) in [6.07, 6.45) is 6.60. The van der Waals surface area contributed by atoms with Crippen LogP contribution in [0.4, 0.5) is 0 Å². The Kier molecular flexibility index (Phi) is 5.00. The van der Waals surface area contributed by atoms with Gasteiger partial charge in [0.05, 0.1) is 29.3 Å². The summed E-state index contributed by atoms with van der Waals surface area (Å²) < 4.78 is 9.64. The Hall–Kier alpha value is -3.16. The molecule has 1 amide bonds. The van der Waals surface area contributed by atoms with Crippen LogP contribution in [0.5, 0.6) is 0 Å². The zero-order valence-corrected chi connectivity index (χ0v) is 17.7. The van der Waals surface area contributed by atoms with Gasteiger partial charge < -0.3 is 14.2 Å². The highest BCUT2D eigenvalue weighted by Crippen LogP contribution is 2.43. The Morgan fingerprint density at radius 1 is 1.23 bits per heavy atom. The van der Waals surface area contributed by atoms with Crippen LogP contribution in [0, 0.1) is 5.41 Å². The highest BCUT2D eigenvalue weighted by molar-refractivity contribution is 5.81. The van der Waals surface area contributed by atoms with Crippen molar-refractivity contribution in [3.8, 4) is 0 Å². The first-order chi connectivity index (χ1) is 15.0. The van der Waals surface area contributed by atoms with Gasteiger partial charge in [-0.3, -0.25) is 14.3 Å². The number of aryl methyl sites for hydroxylation is 2.